The molecule has 9 atom stereocenters. The van der Waals surface area contributed by atoms with E-state index in [2.05, 4.69) is 71.1 Å². The minimum Gasteiger partial charge on any atom is -0.553 e. The van der Waals surface area contributed by atoms with Gasteiger partial charge < -0.3 is 118 Å². The van der Waals surface area contributed by atoms with Crippen LogP contribution in [0.3, 0.4) is 0 Å². The minimum absolute atomic E-state index is 0. The van der Waals surface area contributed by atoms with E-state index in [1.807, 2.05) is 0 Å². The summed E-state index contributed by atoms with van der Waals surface area (Å²) < 4.78 is 58.2. The van der Waals surface area contributed by atoms with E-state index in [1.54, 1.807) is 0 Å². The Morgan fingerprint density at radius 2 is 0.507 bits per heavy atom. The normalized spacial score (nSPS) is 19.3. The molecule has 1 rings (SSSR count). The van der Waals surface area contributed by atoms with Gasteiger partial charge in [-0.1, -0.05) is 0 Å². The minimum atomic E-state index is -1.10. The third kappa shape index (κ3) is 48.8. The molecule has 1 saturated carbocycles. The maximum Gasteiger partial charge on any atom is 0.105 e. The molecule has 1 aliphatic rings. The number of aliphatic hydroxyl groups excluding tert-OH is 12. The van der Waals surface area contributed by atoms with Gasteiger partial charge in [-0.2, -0.15) is 0 Å². The molecular weight excluding hydrogens is 1690 g/mol. The summed E-state index contributed by atoms with van der Waals surface area (Å²) in [5, 5.41) is 111. The first-order valence-electron chi connectivity index (χ1n) is 21.3. The van der Waals surface area contributed by atoms with E-state index in [9.17, 15) is 30.6 Å². The third-order valence-electron chi connectivity index (χ3n) is 8.69. The number of ether oxygens (including phenoxy) is 12. The zero-order valence-electron chi connectivity index (χ0n) is 40.5. The van der Waals surface area contributed by atoms with E-state index in [1.165, 1.54) is 0 Å². The number of hydrogen-bond acceptors (Lipinski definition) is 24. The summed E-state index contributed by atoms with van der Waals surface area (Å²) in [7, 11) is 18.8. The quantitative estimate of drug-likeness (QED) is 0.0207. The molecule has 0 aromatic carbocycles. The first kappa shape index (κ1) is 76.5. The molecule has 408 valence electrons. The molecule has 0 saturated heterocycles. The van der Waals surface area contributed by atoms with Crippen LogP contribution in [-0.4, -0.2) is 255 Å². The predicted molar refractivity (Wildman–Crippen MR) is 232 cm³/mol. The first-order chi connectivity index (χ1) is 31.6. The summed E-state index contributed by atoms with van der Waals surface area (Å²) in [6.45, 7) is 2.24. The molecule has 12 N–H and O–H groups in total. The van der Waals surface area contributed by atoms with Crippen molar-refractivity contribution in [2.24, 2.45) is 17.8 Å². The molecule has 0 spiro atoms. The van der Waals surface area contributed by atoms with Gasteiger partial charge in [0, 0.05) is 59.5 Å². The van der Waals surface area contributed by atoms with Crippen LogP contribution in [-0.2, 0) is 56.8 Å². The van der Waals surface area contributed by atoms with Crippen molar-refractivity contribution in [2.75, 3.05) is 139 Å². The second-order valence-electron chi connectivity index (χ2n) is 14.9. The molecule has 0 aromatic heterocycles. The van der Waals surface area contributed by atoms with Gasteiger partial charge in [-0.3, -0.25) is 0 Å². The monoisotopic (exact) mass is 1770 g/mol. The molecule has 24 nitrogen and oxygen atoms in total. The van der Waals surface area contributed by atoms with E-state index in [0.717, 1.165) is 19.3 Å². The second-order valence-corrected chi connectivity index (χ2v) is 14.9. The summed E-state index contributed by atoms with van der Waals surface area (Å²) in [6.07, 6.45) is -6.19. The van der Waals surface area contributed by atoms with Crippen LogP contribution in [0.25, 0.3) is 0 Å². The summed E-state index contributed by atoms with van der Waals surface area (Å²) >= 11 is 0. The van der Waals surface area contributed by atoms with Crippen molar-refractivity contribution in [3.63, 3.8) is 0 Å². The van der Waals surface area contributed by atoms with Crippen LogP contribution < -0.4 is 0 Å². The zero-order chi connectivity index (χ0) is 50.4. The molecule has 0 heterocycles. The molecule has 1 fully saturated rings. The summed E-state index contributed by atoms with van der Waals surface area (Å²) in [5.41, 5.74) is 0. The Balaban J connectivity index is -0.000000244. The van der Waals surface area contributed by atoms with Crippen LogP contribution in [0.4, 0.5) is 0 Å². The van der Waals surface area contributed by atoms with Gasteiger partial charge in [0.1, 0.15) is 36.6 Å². The summed E-state index contributed by atoms with van der Waals surface area (Å²) in [6, 6.07) is 0. The molecule has 1 aliphatic carbocycles. The van der Waals surface area contributed by atoms with E-state index in [-0.39, 0.29) is 137 Å². The number of rotatable bonds is 39. The van der Waals surface area contributed by atoms with Gasteiger partial charge >= 0.3 is 0 Å². The van der Waals surface area contributed by atoms with Crippen molar-refractivity contribution < 1.29 is 118 Å². The van der Waals surface area contributed by atoms with E-state index >= 15 is 0 Å². The maximum absolute atomic E-state index is 9.95. The first-order valence-corrected chi connectivity index (χ1v) is 21.3. The average Bonchev–Trinajstić information content (AvgIpc) is 3.28. The Morgan fingerprint density at radius 1 is 0.304 bits per heavy atom. The SMILES string of the molecule is [CH2-]OCC(O)C(O)COCC1CC(COCC(O)C(O)CO[CH2-])CC(COCC(O)C(O)CO[CH2-])C1.[CH2-]OCC(O)COCCO.[CH2-]OCC(O)COCCO.[CH2-]OCC(O)COCCO.[Rf].[Rf].[Rf]. The average molecular weight is 1770 g/mol. The molecule has 0 radical (unpaired) electrons. The van der Waals surface area contributed by atoms with Gasteiger partial charge in [-0.25, -0.2) is 42.7 Å². The van der Waals surface area contributed by atoms with E-state index < -0.39 is 54.9 Å². The molecule has 0 bridgehead atoms. The van der Waals surface area contributed by atoms with E-state index in [4.69, 9.17) is 59.1 Å². The second kappa shape index (κ2) is 55.0. The molecule has 27 heteroatoms. The van der Waals surface area contributed by atoms with Crippen LogP contribution in [0.15, 0.2) is 0 Å². The van der Waals surface area contributed by atoms with E-state index in [0.29, 0.717) is 19.8 Å². The van der Waals surface area contributed by atoms with Gasteiger partial charge in [-0.15, -0.1) is 0 Å². The Kier molecular flexibility index (Phi) is 61.0. The fourth-order valence-electron chi connectivity index (χ4n) is 5.61. The van der Waals surface area contributed by atoms with Gasteiger partial charge in [0.2, 0.25) is 0 Å². The smallest absolute Gasteiger partial charge is 0.105 e. The molecule has 0 aliphatic heterocycles. The van der Waals surface area contributed by atoms with Crippen LogP contribution in [0.2, 0.25) is 0 Å². The largest absolute Gasteiger partial charge is 0.553 e. The summed E-state index contributed by atoms with van der Waals surface area (Å²) in [5.74, 6) is 0.374. The predicted octanol–water partition coefficient (Wildman–Crippen LogP) is -3.85. The van der Waals surface area contributed by atoms with Crippen molar-refractivity contribution >= 4 is 0 Å². The van der Waals surface area contributed by atoms with Gasteiger partial charge in [0.15, 0.2) is 0 Å². The van der Waals surface area contributed by atoms with Crippen molar-refractivity contribution in [1.29, 1.82) is 0 Å². The van der Waals surface area contributed by atoms with Crippen molar-refractivity contribution in [3.05, 3.63) is 42.7 Å². The molecule has 69 heavy (non-hydrogen) atoms. The Bertz CT molecular complexity index is 849. The van der Waals surface area contributed by atoms with Gasteiger partial charge in [0.25, 0.3) is 0 Å². The zero-order valence-corrected chi connectivity index (χ0v) is 59.7. The molecule has 0 amide bonds. The third-order valence-corrected chi connectivity index (χ3v) is 8.69. The molecule has 9 unspecified atom stereocenters. The van der Waals surface area contributed by atoms with Crippen LogP contribution in [0, 0.1) is 60.4 Å². The number of hydrogen-bond donors (Lipinski definition) is 12. The standard InChI is InChI=1S/C24H45O12.3C6H13O4.3Rf/c1-31-10-19(25)22(28)13-34-7-16-4-17(8-35-14-23(29)20(26)11-32-2)6-18(5-16)9-36-15-24(30)21(27)12-33-3;3*1-9-4-6(8)5-10-3-2-7;;;/h16-30H,1-15H2;3*6-8H,1-5H2;;;/q-3;3*-1;;;. The Hall–Kier alpha value is -3.96. The maximum atomic E-state index is 9.95. The Labute approximate surface area is 391 Å². The fraction of sp³-hybridized carbons (Fsp3) is 0.857. The Morgan fingerprint density at radius 3 is 0.696 bits per heavy atom. The topological polar surface area (TPSA) is 354 Å². The van der Waals surface area contributed by atoms with Crippen LogP contribution in [0.1, 0.15) is 19.3 Å². The van der Waals surface area contributed by atoms with Crippen molar-refractivity contribution in [1.82, 2.24) is 0 Å². The summed E-state index contributed by atoms with van der Waals surface area (Å²) in [4.78, 5) is 0. The number of aliphatic hydroxyl groups is 12. The van der Waals surface area contributed by atoms with Crippen LogP contribution in [0.5, 0.6) is 0 Å². The van der Waals surface area contributed by atoms with Gasteiger partial charge in [0.05, 0.1) is 97.6 Å². The molecular formula is C42H84O24Rf3-6. The van der Waals surface area contributed by atoms with Crippen molar-refractivity contribution in [2.45, 2.75) is 74.2 Å². The molecule has 0 aromatic rings. The van der Waals surface area contributed by atoms with Crippen LogP contribution >= 0.6 is 0 Å². The fourth-order valence-corrected chi connectivity index (χ4v) is 5.61. The van der Waals surface area contributed by atoms with Gasteiger partial charge in [-0.05, 0) is 37.0 Å². The van der Waals surface area contributed by atoms with Crippen molar-refractivity contribution in [3.8, 4) is 0 Å².